The molecule has 0 spiro atoms. The molecule has 0 atom stereocenters. The summed E-state index contributed by atoms with van der Waals surface area (Å²) < 4.78 is 2.40. The molecule has 0 radical (unpaired) electrons. The van der Waals surface area contributed by atoms with E-state index < -0.39 is 0 Å². The molecule has 31 heavy (non-hydrogen) atoms. The lowest BCUT2D eigenvalue weighted by atomic mass is 10.0. The molecular formula is C24H30N6O. The molecule has 1 saturated carbocycles. The largest absolute Gasteiger partial charge is 0.337 e. The Morgan fingerprint density at radius 3 is 2.77 bits per heavy atom. The summed E-state index contributed by atoms with van der Waals surface area (Å²) in [5.41, 5.74) is 4.97. The molecule has 6 rings (SSSR count). The Balaban J connectivity index is 1.22. The van der Waals surface area contributed by atoms with Crippen molar-refractivity contribution < 1.29 is 4.79 Å². The minimum absolute atomic E-state index is 0.0950. The van der Waals surface area contributed by atoms with Crippen LogP contribution in [0.2, 0.25) is 0 Å². The molecule has 7 heteroatoms. The monoisotopic (exact) mass is 418 g/mol. The number of carbonyl (C=O) groups excluding carboxylic acids is 1. The third-order valence-corrected chi connectivity index (χ3v) is 7.59. The van der Waals surface area contributed by atoms with Crippen molar-refractivity contribution in [3.8, 4) is 0 Å². The van der Waals surface area contributed by atoms with E-state index in [9.17, 15) is 4.79 Å². The summed E-state index contributed by atoms with van der Waals surface area (Å²) in [6.45, 7) is 1.53. The number of fused-ring (bicyclic) bond motifs is 2. The van der Waals surface area contributed by atoms with Crippen LogP contribution in [0.5, 0.6) is 0 Å². The van der Waals surface area contributed by atoms with Crippen LogP contribution in [0.3, 0.4) is 0 Å². The minimum atomic E-state index is 0.0950. The first kappa shape index (κ1) is 19.0. The molecule has 1 aliphatic heterocycles. The van der Waals surface area contributed by atoms with E-state index in [1.807, 2.05) is 17.2 Å². The molecule has 1 N–H and O–H groups in total. The highest BCUT2D eigenvalue weighted by atomic mass is 16.2. The lowest BCUT2D eigenvalue weighted by Crippen LogP contribution is -2.39. The van der Waals surface area contributed by atoms with Gasteiger partial charge in [-0.15, -0.1) is 0 Å². The van der Waals surface area contributed by atoms with E-state index in [0.717, 1.165) is 80.0 Å². The molecule has 7 nitrogen and oxygen atoms in total. The lowest BCUT2D eigenvalue weighted by Gasteiger charge is -2.33. The SMILES string of the molecule is O=C(c1n[nH]c2c1CCC2)N1CCC(n2c(CC3CCCC3)nc3cccnc32)CC1. The third kappa shape index (κ3) is 3.34. The van der Waals surface area contributed by atoms with Gasteiger partial charge in [0.1, 0.15) is 11.3 Å². The first-order chi connectivity index (χ1) is 15.3. The van der Waals surface area contributed by atoms with E-state index >= 15 is 0 Å². The third-order valence-electron chi connectivity index (χ3n) is 7.59. The van der Waals surface area contributed by atoms with Gasteiger partial charge in [0.2, 0.25) is 0 Å². The summed E-state index contributed by atoms with van der Waals surface area (Å²) in [6, 6.07) is 4.40. The molecule has 0 aromatic carbocycles. The van der Waals surface area contributed by atoms with E-state index in [1.165, 1.54) is 31.5 Å². The Bertz CT molecular complexity index is 1100. The molecule has 0 unspecified atom stereocenters. The Morgan fingerprint density at radius 1 is 1.10 bits per heavy atom. The van der Waals surface area contributed by atoms with Crippen LogP contribution < -0.4 is 0 Å². The smallest absolute Gasteiger partial charge is 0.274 e. The maximum Gasteiger partial charge on any atom is 0.274 e. The second-order valence-electron chi connectivity index (χ2n) is 9.51. The zero-order valence-corrected chi connectivity index (χ0v) is 18.0. The van der Waals surface area contributed by atoms with Gasteiger partial charge in [-0.1, -0.05) is 25.7 Å². The molecule has 0 bridgehead atoms. The second-order valence-corrected chi connectivity index (χ2v) is 9.51. The van der Waals surface area contributed by atoms with Crippen LogP contribution in [0.25, 0.3) is 11.2 Å². The van der Waals surface area contributed by atoms with Crippen molar-refractivity contribution in [2.24, 2.45) is 5.92 Å². The van der Waals surface area contributed by atoms with Crippen LogP contribution >= 0.6 is 0 Å². The number of nitrogens with zero attached hydrogens (tertiary/aromatic N) is 5. The van der Waals surface area contributed by atoms with Gasteiger partial charge in [0.25, 0.3) is 5.91 Å². The van der Waals surface area contributed by atoms with Crippen LogP contribution in [0.1, 0.15) is 78.6 Å². The molecule has 1 amide bonds. The number of hydrogen-bond donors (Lipinski definition) is 1. The van der Waals surface area contributed by atoms with Crippen LogP contribution in [0, 0.1) is 5.92 Å². The fourth-order valence-electron chi connectivity index (χ4n) is 5.95. The summed E-state index contributed by atoms with van der Waals surface area (Å²) in [4.78, 5) is 24.8. The Kier molecular flexibility index (Phi) is 4.77. The number of carbonyl (C=O) groups is 1. The van der Waals surface area contributed by atoms with Gasteiger partial charge in [-0.25, -0.2) is 9.97 Å². The molecule has 2 fully saturated rings. The summed E-state index contributed by atoms with van der Waals surface area (Å²) in [5, 5.41) is 7.43. The van der Waals surface area contributed by atoms with Gasteiger partial charge in [-0.2, -0.15) is 5.10 Å². The van der Waals surface area contributed by atoms with Crippen molar-refractivity contribution in [3.05, 3.63) is 41.1 Å². The molecule has 2 aliphatic carbocycles. The molecule has 3 aromatic heterocycles. The molecule has 1 saturated heterocycles. The number of aryl methyl sites for hydroxylation is 1. The Morgan fingerprint density at radius 2 is 1.94 bits per heavy atom. The summed E-state index contributed by atoms with van der Waals surface area (Å²) in [7, 11) is 0. The zero-order chi connectivity index (χ0) is 20.8. The van der Waals surface area contributed by atoms with E-state index in [2.05, 4.69) is 20.8 Å². The van der Waals surface area contributed by atoms with Gasteiger partial charge in [-0.05, 0) is 50.2 Å². The maximum absolute atomic E-state index is 13.1. The number of nitrogens with one attached hydrogen (secondary N) is 1. The van der Waals surface area contributed by atoms with E-state index in [4.69, 9.17) is 9.97 Å². The summed E-state index contributed by atoms with van der Waals surface area (Å²) in [5.74, 6) is 2.03. The van der Waals surface area contributed by atoms with Crippen molar-refractivity contribution in [3.63, 3.8) is 0 Å². The van der Waals surface area contributed by atoms with E-state index in [-0.39, 0.29) is 5.91 Å². The van der Waals surface area contributed by atoms with Gasteiger partial charge in [0.05, 0.1) is 0 Å². The van der Waals surface area contributed by atoms with Gasteiger partial charge in [-0.3, -0.25) is 9.89 Å². The fourth-order valence-corrected chi connectivity index (χ4v) is 5.95. The molecular weight excluding hydrogens is 388 g/mol. The zero-order valence-electron chi connectivity index (χ0n) is 18.0. The van der Waals surface area contributed by atoms with E-state index in [0.29, 0.717) is 11.7 Å². The van der Waals surface area contributed by atoms with Gasteiger partial charge >= 0.3 is 0 Å². The van der Waals surface area contributed by atoms with Crippen LogP contribution in [-0.4, -0.2) is 48.6 Å². The number of rotatable bonds is 4. The first-order valence-corrected chi connectivity index (χ1v) is 11.9. The highest BCUT2D eigenvalue weighted by Crippen LogP contribution is 2.33. The van der Waals surface area contributed by atoms with Crippen molar-refractivity contribution in [1.29, 1.82) is 0 Å². The molecule has 3 aromatic rings. The number of likely N-dealkylation sites (tertiary alicyclic amines) is 1. The number of aromatic amines is 1. The number of piperidine rings is 1. The number of H-pyrrole nitrogens is 1. The predicted octanol–water partition coefficient (Wildman–Crippen LogP) is 3.85. The number of amides is 1. The highest BCUT2D eigenvalue weighted by Gasteiger charge is 2.31. The van der Waals surface area contributed by atoms with E-state index in [1.54, 1.807) is 0 Å². The number of imidazole rings is 1. The number of hydrogen-bond acceptors (Lipinski definition) is 4. The van der Waals surface area contributed by atoms with Crippen LogP contribution in [0.15, 0.2) is 18.3 Å². The van der Waals surface area contributed by atoms with Crippen molar-refractivity contribution >= 4 is 17.1 Å². The average Bonchev–Trinajstić information content (AvgIpc) is 3.57. The van der Waals surface area contributed by atoms with Crippen molar-refractivity contribution in [1.82, 2.24) is 29.6 Å². The number of aromatic nitrogens is 5. The summed E-state index contributed by atoms with van der Waals surface area (Å²) in [6.07, 6.45) is 13.2. The molecule has 162 valence electrons. The molecule has 3 aliphatic rings. The number of pyridine rings is 1. The lowest BCUT2D eigenvalue weighted by molar-refractivity contribution is 0.0687. The van der Waals surface area contributed by atoms with Crippen molar-refractivity contribution in [2.45, 2.75) is 70.3 Å². The van der Waals surface area contributed by atoms with Crippen LogP contribution in [-0.2, 0) is 19.3 Å². The molecule has 4 heterocycles. The quantitative estimate of drug-likeness (QED) is 0.698. The topological polar surface area (TPSA) is 79.7 Å². The van der Waals surface area contributed by atoms with Gasteiger partial charge < -0.3 is 9.47 Å². The predicted molar refractivity (Wildman–Crippen MR) is 118 cm³/mol. The summed E-state index contributed by atoms with van der Waals surface area (Å²) >= 11 is 0. The average molecular weight is 419 g/mol. The fraction of sp³-hybridized carbons (Fsp3) is 0.583. The van der Waals surface area contributed by atoms with Gasteiger partial charge in [0, 0.05) is 43.0 Å². The maximum atomic E-state index is 13.1. The Labute approximate surface area is 182 Å². The standard InChI is InChI=1S/C24H30N6O/c31-24(22-18-7-3-8-19(18)27-28-22)29-13-10-17(11-14-29)30-21(15-16-5-1-2-6-16)26-20-9-4-12-25-23(20)30/h4,9,12,16-17H,1-3,5-8,10-11,13-15H2,(H,27,28). The normalized spacial score (nSPS) is 20.1. The highest BCUT2D eigenvalue weighted by molar-refractivity contribution is 5.94. The first-order valence-electron chi connectivity index (χ1n) is 11.9. The van der Waals surface area contributed by atoms with Gasteiger partial charge in [0.15, 0.2) is 11.3 Å². The van der Waals surface area contributed by atoms with Crippen LogP contribution in [0.4, 0.5) is 0 Å². The Hall–Kier alpha value is -2.70. The van der Waals surface area contributed by atoms with Crippen molar-refractivity contribution in [2.75, 3.05) is 13.1 Å². The minimum Gasteiger partial charge on any atom is -0.337 e. The second kappa shape index (κ2) is 7.77.